The third kappa shape index (κ3) is 2.80. The highest BCUT2D eigenvalue weighted by Crippen LogP contribution is 2.22. The number of hydrogen-bond acceptors (Lipinski definition) is 3. The zero-order valence-electron chi connectivity index (χ0n) is 9.82. The van der Waals surface area contributed by atoms with Crippen LogP contribution >= 0.6 is 15.9 Å². The molecule has 0 amide bonds. The molecule has 3 nitrogen and oxygen atoms in total. The van der Waals surface area contributed by atoms with Gasteiger partial charge >= 0.3 is 0 Å². The summed E-state index contributed by atoms with van der Waals surface area (Å²) in [4.78, 5) is 2.21. The van der Waals surface area contributed by atoms with Gasteiger partial charge in [-0.15, -0.1) is 0 Å². The first-order valence-electron chi connectivity index (χ1n) is 5.66. The van der Waals surface area contributed by atoms with Crippen LogP contribution in [0.4, 0.5) is 5.69 Å². The van der Waals surface area contributed by atoms with Crippen LogP contribution in [0.25, 0.3) is 0 Å². The van der Waals surface area contributed by atoms with Crippen molar-refractivity contribution in [3.8, 4) is 6.07 Å². The van der Waals surface area contributed by atoms with E-state index in [2.05, 4.69) is 52.0 Å². The summed E-state index contributed by atoms with van der Waals surface area (Å²) in [5.74, 6) is 0. The van der Waals surface area contributed by atoms with E-state index >= 15 is 0 Å². The van der Waals surface area contributed by atoms with Crippen LogP contribution in [0, 0.1) is 18.3 Å². The molecule has 17 heavy (non-hydrogen) atoms. The molecule has 4 heteroatoms. The highest BCUT2D eigenvalue weighted by molar-refractivity contribution is 9.08. The maximum absolute atomic E-state index is 8.88. The number of rotatable bonds is 2. The second kappa shape index (κ2) is 5.52. The molecule has 1 aliphatic rings. The summed E-state index contributed by atoms with van der Waals surface area (Å²) < 4.78 is 5.34. The van der Waals surface area contributed by atoms with Gasteiger partial charge in [0, 0.05) is 17.6 Å². The third-order valence-corrected chi connectivity index (χ3v) is 3.65. The molecule has 1 fully saturated rings. The maximum Gasteiger partial charge on any atom is 0.161 e. The smallest absolute Gasteiger partial charge is 0.161 e. The monoisotopic (exact) mass is 294 g/mol. The van der Waals surface area contributed by atoms with Gasteiger partial charge in [0.1, 0.15) is 0 Å². The number of alkyl halides is 1. The first-order chi connectivity index (χ1) is 8.24. The van der Waals surface area contributed by atoms with Crippen molar-refractivity contribution in [3.05, 3.63) is 29.3 Å². The minimum atomic E-state index is -0.306. The summed E-state index contributed by atoms with van der Waals surface area (Å²) in [6.07, 6.45) is -0.306. The van der Waals surface area contributed by atoms with E-state index in [0.29, 0.717) is 13.2 Å². The number of aryl methyl sites for hydroxylation is 1. The Kier molecular flexibility index (Phi) is 4.03. The molecule has 0 N–H and O–H groups in total. The van der Waals surface area contributed by atoms with Gasteiger partial charge in [0.2, 0.25) is 0 Å². The summed E-state index contributed by atoms with van der Waals surface area (Å²) in [7, 11) is 0. The molecular formula is C13H15BrN2O. The van der Waals surface area contributed by atoms with Gasteiger partial charge in [0.25, 0.3) is 0 Å². The van der Waals surface area contributed by atoms with Crippen molar-refractivity contribution >= 4 is 21.6 Å². The molecule has 1 saturated heterocycles. The molecule has 1 aromatic rings. The number of benzene rings is 1. The normalized spacial score (nSPS) is 20.1. The number of ether oxygens (including phenoxy) is 1. The van der Waals surface area contributed by atoms with Gasteiger partial charge in [0.05, 0.1) is 19.2 Å². The van der Waals surface area contributed by atoms with E-state index in [1.165, 1.54) is 16.8 Å². The SMILES string of the molecule is Cc1cc(N2CCOC(C#N)C2)ccc1CBr. The Hall–Kier alpha value is -1.05. The Balaban J connectivity index is 2.17. The van der Waals surface area contributed by atoms with Crippen LogP contribution in [0.2, 0.25) is 0 Å². The molecule has 90 valence electrons. The van der Waals surface area contributed by atoms with Crippen molar-refractivity contribution in [2.75, 3.05) is 24.6 Å². The van der Waals surface area contributed by atoms with E-state index in [-0.39, 0.29) is 6.10 Å². The highest BCUT2D eigenvalue weighted by Gasteiger charge is 2.20. The van der Waals surface area contributed by atoms with Gasteiger partial charge in [-0.25, -0.2) is 0 Å². The molecule has 0 radical (unpaired) electrons. The lowest BCUT2D eigenvalue weighted by atomic mass is 10.1. The Morgan fingerprint density at radius 3 is 3.06 bits per heavy atom. The average molecular weight is 295 g/mol. The third-order valence-electron chi connectivity index (χ3n) is 3.05. The Morgan fingerprint density at radius 2 is 2.41 bits per heavy atom. The van der Waals surface area contributed by atoms with Crippen LogP contribution in [0.1, 0.15) is 11.1 Å². The van der Waals surface area contributed by atoms with Crippen molar-refractivity contribution in [1.29, 1.82) is 5.26 Å². The van der Waals surface area contributed by atoms with Crippen LogP contribution in [0.5, 0.6) is 0 Å². The standard InChI is InChI=1S/C13H15BrN2O/c1-10-6-12(3-2-11(10)7-14)16-4-5-17-13(8-15)9-16/h2-3,6,13H,4-5,7,9H2,1H3. The summed E-state index contributed by atoms with van der Waals surface area (Å²) in [6.45, 7) is 4.24. The van der Waals surface area contributed by atoms with Crippen LogP contribution < -0.4 is 4.90 Å². The summed E-state index contributed by atoms with van der Waals surface area (Å²) in [5, 5.41) is 9.76. The largest absolute Gasteiger partial charge is 0.366 e. The van der Waals surface area contributed by atoms with Crippen molar-refractivity contribution in [3.63, 3.8) is 0 Å². The minimum Gasteiger partial charge on any atom is -0.366 e. The minimum absolute atomic E-state index is 0.306. The molecule has 0 aliphatic carbocycles. The van der Waals surface area contributed by atoms with Gasteiger partial charge < -0.3 is 9.64 Å². The lowest BCUT2D eigenvalue weighted by Gasteiger charge is -2.32. The zero-order valence-corrected chi connectivity index (χ0v) is 11.4. The molecule has 1 aromatic carbocycles. The lowest BCUT2D eigenvalue weighted by molar-refractivity contribution is 0.0764. The number of nitrogens with zero attached hydrogens (tertiary/aromatic N) is 2. The second-order valence-electron chi connectivity index (χ2n) is 4.18. The molecule has 0 aromatic heterocycles. The predicted molar refractivity (Wildman–Crippen MR) is 71.4 cm³/mol. The first-order valence-corrected chi connectivity index (χ1v) is 6.78. The Labute approximate surface area is 110 Å². The molecule has 1 unspecified atom stereocenters. The Morgan fingerprint density at radius 1 is 1.59 bits per heavy atom. The maximum atomic E-state index is 8.88. The number of anilines is 1. The topological polar surface area (TPSA) is 36.3 Å². The molecule has 1 heterocycles. The van der Waals surface area contributed by atoms with E-state index in [1.807, 2.05) is 0 Å². The van der Waals surface area contributed by atoms with E-state index in [1.54, 1.807) is 0 Å². The average Bonchev–Trinajstić information content (AvgIpc) is 2.38. The zero-order chi connectivity index (χ0) is 12.3. The molecule has 0 saturated carbocycles. The molecule has 1 atom stereocenters. The van der Waals surface area contributed by atoms with E-state index in [9.17, 15) is 0 Å². The van der Waals surface area contributed by atoms with Crippen LogP contribution in [0.15, 0.2) is 18.2 Å². The summed E-state index contributed by atoms with van der Waals surface area (Å²) in [6, 6.07) is 8.60. The van der Waals surface area contributed by atoms with Crippen LogP contribution in [-0.2, 0) is 10.1 Å². The number of morpholine rings is 1. The molecular weight excluding hydrogens is 280 g/mol. The molecule has 1 aliphatic heterocycles. The lowest BCUT2D eigenvalue weighted by Crippen LogP contribution is -2.41. The summed E-state index contributed by atoms with van der Waals surface area (Å²) >= 11 is 3.47. The number of hydrogen-bond donors (Lipinski definition) is 0. The van der Waals surface area contributed by atoms with Crippen LogP contribution in [-0.4, -0.2) is 25.8 Å². The second-order valence-corrected chi connectivity index (χ2v) is 4.74. The fourth-order valence-corrected chi connectivity index (χ4v) is 2.62. The predicted octanol–water partition coefficient (Wildman–Crippen LogP) is 2.62. The van der Waals surface area contributed by atoms with Gasteiger partial charge in [-0.3, -0.25) is 0 Å². The van der Waals surface area contributed by atoms with Gasteiger partial charge in [-0.1, -0.05) is 22.0 Å². The van der Waals surface area contributed by atoms with Gasteiger partial charge in [-0.2, -0.15) is 5.26 Å². The first kappa shape index (κ1) is 12.4. The molecule has 0 spiro atoms. The molecule has 0 bridgehead atoms. The quantitative estimate of drug-likeness (QED) is 0.787. The Bertz CT molecular complexity index is 442. The van der Waals surface area contributed by atoms with Crippen LogP contribution in [0.3, 0.4) is 0 Å². The van der Waals surface area contributed by atoms with Crippen molar-refractivity contribution in [2.24, 2.45) is 0 Å². The number of nitriles is 1. The molecule has 2 rings (SSSR count). The van der Waals surface area contributed by atoms with Gasteiger partial charge in [0.15, 0.2) is 6.10 Å². The fourth-order valence-electron chi connectivity index (χ4n) is 1.99. The van der Waals surface area contributed by atoms with Crippen molar-refractivity contribution in [1.82, 2.24) is 0 Å². The van der Waals surface area contributed by atoms with Crippen molar-refractivity contribution in [2.45, 2.75) is 18.4 Å². The number of halogens is 1. The van der Waals surface area contributed by atoms with E-state index < -0.39 is 0 Å². The van der Waals surface area contributed by atoms with Crippen molar-refractivity contribution < 1.29 is 4.74 Å². The summed E-state index contributed by atoms with van der Waals surface area (Å²) in [5.41, 5.74) is 3.76. The van der Waals surface area contributed by atoms with E-state index in [4.69, 9.17) is 10.00 Å². The van der Waals surface area contributed by atoms with E-state index in [0.717, 1.165) is 11.9 Å². The highest BCUT2D eigenvalue weighted by atomic mass is 79.9. The van der Waals surface area contributed by atoms with Gasteiger partial charge in [-0.05, 0) is 30.2 Å². The fraction of sp³-hybridized carbons (Fsp3) is 0.462.